The number of ether oxygens (including phenoxy) is 1. The lowest BCUT2D eigenvalue weighted by atomic mass is 10.2. The zero-order valence-electron chi connectivity index (χ0n) is 7.60. The highest BCUT2D eigenvalue weighted by molar-refractivity contribution is 7.90. The van der Waals surface area contributed by atoms with Gasteiger partial charge in [0.1, 0.15) is 11.8 Å². The van der Waals surface area contributed by atoms with Crippen molar-refractivity contribution in [2.75, 3.05) is 12.2 Å². The van der Waals surface area contributed by atoms with Crippen molar-refractivity contribution < 1.29 is 13.2 Å². The van der Waals surface area contributed by atoms with Crippen LogP contribution in [0.15, 0.2) is 24.3 Å². The van der Waals surface area contributed by atoms with Gasteiger partial charge in [0.25, 0.3) is 0 Å². The molecule has 0 N–H and O–H groups in total. The zero-order chi connectivity index (χ0) is 10.6. The summed E-state index contributed by atoms with van der Waals surface area (Å²) in [7, 11) is -3.18. The van der Waals surface area contributed by atoms with Crippen molar-refractivity contribution >= 4 is 9.84 Å². The van der Waals surface area contributed by atoms with Crippen LogP contribution in [-0.2, 0) is 9.84 Å². The Kier molecular flexibility index (Phi) is 3.10. The van der Waals surface area contributed by atoms with Gasteiger partial charge < -0.3 is 4.74 Å². The third-order valence-electron chi connectivity index (χ3n) is 1.44. The molecule has 0 heterocycles. The van der Waals surface area contributed by atoms with Crippen molar-refractivity contribution in [2.24, 2.45) is 0 Å². The summed E-state index contributed by atoms with van der Waals surface area (Å²) in [6, 6.07) is 8.40. The molecule has 4 nitrogen and oxygen atoms in total. The lowest BCUT2D eigenvalue weighted by molar-refractivity contribution is 0.377. The van der Waals surface area contributed by atoms with Crippen molar-refractivity contribution in [3.8, 4) is 11.8 Å². The normalized spacial score (nSPS) is 10.6. The first-order valence-electron chi connectivity index (χ1n) is 3.82. The van der Waals surface area contributed by atoms with Crippen LogP contribution in [0.25, 0.3) is 0 Å². The molecule has 1 aromatic rings. The van der Waals surface area contributed by atoms with Gasteiger partial charge in [-0.25, -0.2) is 8.42 Å². The fourth-order valence-electron chi connectivity index (χ4n) is 0.855. The third kappa shape index (κ3) is 3.07. The van der Waals surface area contributed by atoms with Crippen molar-refractivity contribution in [3.05, 3.63) is 29.8 Å². The Bertz CT molecular complexity index is 459. The van der Waals surface area contributed by atoms with Crippen LogP contribution in [0.3, 0.4) is 0 Å². The number of para-hydroxylation sites is 1. The maximum Gasteiger partial charge on any atom is 0.188 e. The average molecular weight is 211 g/mol. The molecule has 0 saturated carbocycles. The van der Waals surface area contributed by atoms with Crippen molar-refractivity contribution in [2.45, 2.75) is 0 Å². The van der Waals surface area contributed by atoms with Crippen LogP contribution in [-0.4, -0.2) is 20.6 Å². The van der Waals surface area contributed by atoms with Crippen LogP contribution in [0.5, 0.6) is 5.75 Å². The Labute approximate surface area is 82.7 Å². The van der Waals surface area contributed by atoms with E-state index in [4.69, 9.17) is 10.00 Å². The molecule has 0 unspecified atom stereocenters. The number of hydrogen-bond acceptors (Lipinski definition) is 4. The van der Waals surface area contributed by atoms with E-state index in [2.05, 4.69) is 0 Å². The van der Waals surface area contributed by atoms with Gasteiger partial charge in [-0.2, -0.15) is 5.26 Å². The number of benzene rings is 1. The van der Waals surface area contributed by atoms with Gasteiger partial charge in [-0.1, -0.05) is 12.1 Å². The second-order valence-electron chi connectivity index (χ2n) is 2.80. The van der Waals surface area contributed by atoms with Gasteiger partial charge >= 0.3 is 0 Å². The molecule has 5 heteroatoms. The fourth-order valence-corrected chi connectivity index (χ4v) is 1.20. The van der Waals surface area contributed by atoms with Crippen LogP contribution < -0.4 is 4.74 Å². The van der Waals surface area contributed by atoms with E-state index >= 15 is 0 Å². The van der Waals surface area contributed by atoms with E-state index in [0.717, 1.165) is 6.26 Å². The van der Waals surface area contributed by atoms with Gasteiger partial charge in [-0.05, 0) is 12.1 Å². The monoisotopic (exact) mass is 211 g/mol. The van der Waals surface area contributed by atoms with E-state index < -0.39 is 15.8 Å². The minimum atomic E-state index is -3.18. The predicted octanol–water partition coefficient (Wildman–Crippen LogP) is 0.939. The Hall–Kier alpha value is -1.54. The summed E-state index contributed by atoms with van der Waals surface area (Å²) in [5, 5.41) is 8.67. The topological polar surface area (TPSA) is 67.2 Å². The molecule has 0 aliphatic heterocycles. The summed E-state index contributed by atoms with van der Waals surface area (Å²) in [6.07, 6.45) is 1.07. The Morgan fingerprint density at radius 1 is 1.43 bits per heavy atom. The van der Waals surface area contributed by atoms with E-state index in [0.29, 0.717) is 11.3 Å². The highest BCUT2D eigenvalue weighted by Gasteiger charge is 2.06. The van der Waals surface area contributed by atoms with Gasteiger partial charge in [0.05, 0.1) is 5.56 Å². The van der Waals surface area contributed by atoms with Crippen LogP contribution in [0.4, 0.5) is 0 Å². The molecule has 0 bridgehead atoms. The first-order valence-corrected chi connectivity index (χ1v) is 5.88. The summed E-state index contributed by atoms with van der Waals surface area (Å²) >= 11 is 0. The predicted molar refractivity (Wildman–Crippen MR) is 51.5 cm³/mol. The number of hydrogen-bond donors (Lipinski definition) is 0. The first kappa shape index (κ1) is 10.5. The molecule has 1 aromatic carbocycles. The van der Waals surface area contributed by atoms with E-state index in [1.165, 1.54) is 0 Å². The molecule has 0 atom stereocenters. The Morgan fingerprint density at radius 2 is 2.07 bits per heavy atom. The molecule has 0 aliphatic carbocycles. The molecule has 0 radical (unpaired) electrons. The van der Waals surface area contributed by atoms with Gasteiger partial charge in [-0.3, -0.25) is 0 Å². The molecule has 0 aliphatic rings. The van der Waals surface area contributed by atoms with Crippen molar-refractivity contribution in [1.29, 1.82) is 5.26 Å². The lowest BCUT2D eigenvalue weighted by Gasteiger charge is -2.05. The summed E-state index contributed by atoms with van der Waals surface area (Å²) in [4.78, 5) is 0. The number of rotatable bonds is 3. The van der Waals surface area contributed by atoms with Crippen molar-refractivity contribution in [1.82, 2.24) is 0 Å². The van der Waals surface area contributed by atoms with E-state index in [9.17, 15) is 8.42 Å². The molecular weight excluding hydrogens is 202 g/mol. The van der Waals surface area contributed by atoms with Gasteiger partial charge in [-0.15, -0.1) is 0 Å². The third-order valence-corrected chi connectivity index (χ3v) is 1.98. The molecule has 74 valence electrons. The average Bonchev–Trinajstić information content (AvgIpc) is 2.14. The SMILES string of the molecule is CS(=O)(=O)COc1ccccc1C#N. The molecule has 0 amide bonds. The first-order chi connectivity index (χ1) is 6.53. The van der Waals surface area contributed by atoms with E-state index in [1.54, 1.807) is 24.3 Å². The van der Waals surface area contributed by atoms with Crippen LogP contribution in [0.1, 0.15) is 5.56 Å². The van der Waals surface area contributed by atoms with E-state index in [-0.39, 0.29) is 0 Å². The number of nitrogens with zero attached hydrogens (tertiary/aromatic N) is 1. The zero-order valence-corrected chi connectivity index (χ0v) is 8.41. The van der Waals surface area contributed by atoms with Crippen molar-refractivity contribution in [3.63, 3.8) is 0 Å². The van der Waals surface area contributed by atoms with Crippen LogP contribution in [0, 0.1) is 11.3 Å². The molecule has 14 heavy (non-hydrogen) atoms. The number of sulfone groups is 1. The summed E-state index contributed by atoms with van der Waals surface area (Å²) in [6.45, 7) is 0. The molecule has 0 spiro atoms. The fraction of sp³-hybridized carbons (Fsp3) is 0.222. The molecular formula is C9H9NO3S. The highest BCUT2D eigenvalue weighted by atomic mass is 32.2. The van der Waals surface area contributed by atoms with Gasteiger partial charge in [0.2, 0.25) is 0 Å². The van der Waals surface area contributed by atoms with Crippen LogP contribution in [0.2, 0.25) is 0 Å². The van der Waals surface area contributed by atoms with Gasteiger partial charge in [0, 0.05) is 6.26 Å². The quantitative estimate of drug-likeness (QED) is 0.746. The number of nitriles is 1. The second-order valence-corrected chi connectivity index (χ2v) is 4.88. The molecule has 0 saturated heterocycles. The maximum atomic E-state index is 10.8. The Balaban J connectivity index is 2.83. The lowest BCUT2D eigenvalue weighted by Crippen LogP contribution is -2.10. The standard InChI is InChI=1S/C9H9NO3S/c1-14(11,12)7-13-9-5-3-2-4-8(9)6-10/h2-5H,7H2,1H3. The summed E-state index contributed by atoms with van der Waals surface area (Å²) in [5.41, 5.74) is 0.330. The second kappa shape index (κ2) is 4.11. The largest absolute Gasteiger partial charge is 0.476 e. The Morgan fingerprint density at radius 3 is 2.64 bits per heavy atom. The highest BCUT2D eigenvalue weighted by Crippen LogP contribution is 2.16. The molecule has 1 rings (SSSR count). The van der Waals surface area contributed by atoms with E-state index in [1.807, 2.05) is 6.07 Å². The minimum absolute atomic E-state index is 0.292. The molecule has 0 aromatic heterocycles. The van der Waals surface area contributed by atoms with Gasteiger partial charge in [0.15, 0.2) is 15.8 Å². The minimum Gasteiger partial charge on any atom is -0.476 e. The molecule has 0 fully saturated rings. The smallest absolute Gasteiger partial charge is 0.188 e. The maximum absolute atomic E-state index is 10.8. The van der Waals surface area contributed by atoms with Crippen LogP contribution >= 0.6 is 0 Å². The summed E-state index contributed by atoms with van der Waals surface area (Å²) < 4.78 is 26.6. The summed E-state index contributed by atoms with van der Waals surface area (Å²) in [5.74, 6) is -0.119.